The maximum atomic E-state index is 12.3. The monoisotopic (exact) mass is 273 g/mol. The molecule has 0 aromatic heterocycles. The Morgan fingerprint density at radius 2 is 2.16 bits per heavy atom. The molecule has 1 N–H and O–H groups in total. The number of ether oxygens (including phenoxy) is 1. The van der Waals surface area contributed by atoms with Crippen LogP contribution in [0, 0.1) is 0 Å². The van der Waals surface area contributed by atoms with E-state index in [1.165, 1.54) is 18.2 Å². The number of carbonyl (C=O) groups is 1. The van der Waals surface area contributed by atoms with Crippen LogP contribution in [0.25, 0.3) is 0 Å². The second-order valence-corrected chi connectivity index (χ2v) is 4.77. The van der Waals surface area contributed by atoms with Gasteiger partial charge in [-0.25, -0.2) is 0 Å². The number of Topliss-reactive ketones (excluding diaryl/α,β-unsaturated/α-hetero) is 1. The van der Waals surface area contributed by atoms with Crippen molar-refractivity contribution < 1.29 is 22.7 Å². The molecule has 0 saturated carbocycles. The van der Waals surface area contributed by atoms with Gasteiger partial charge < -0.3 is 10.1 Å². The van der Waals surface area contributed by atoms with Gasteiger partial charge in [0, 0.05) is 5.56 Å². The lowest BCUT2D eigenvalue weighted by atomic mass is 9.90. The average molecular weight is 273 g/mol. The topological polar surface area (TPSA) is 38.3 Å². The van der Waals surface area contributed by atoms with E-state index in [4.69, 9.17) is 0 Å². The lowest BCUT2D eigenvalue weighted by molar-refractivity contribution is -0.274. The van der Waals surface area contributed by atoms with Gasteiger partial charge in [0.2, 0.25) is 0 Å². The van der Waals surface area contributed by atoms with Gasteiger partial charge in [0.05, 0.1) is 5.54 Å². The summed E-state index contributed by atoms with van der Waals surface area (Å²) in [6.45, 7) is 2.50. The first kappa shape index (κ1) is 13.9. The summed E-state index contributed by atoms with van der Waals surface area (Å²) in [7, 11) is 0. The number of alkyl halides is 3. The maximum absolute atomic E-state index is 12.3. The van der Waals surface area contributed by atoms with Crippen molar-refractivity contribution in [1.82, 2.24) is 5.32 Å². The van der Waals surface area contributed by atoms with Crippen molar-refractivity contribution in [3.63, 3.8) is 0 Å². The molecule has 0 radical (unpaired) electrons. The van der Waals surface area contributed by atoms with Crippen molar-refractivity contribution in [3.05, 3.63) is 29.8 Å². The number of rotatable bonds is 3. The molecule has 1 saturated heterocycles. The molecule has 1 aromatic rings. The Labute approximate surface area is 108 Å². The molecule has 0 amide bonds. The minimum atomic E-state index is -4.75. The van der Waals surface area contributed by atoms with Crippen molar-refractivity contribution in [2.75, 3.05) is 6.54 Å². The van der Waals surface area contributed by atoms with Crippen LogP contribution in [0.4, 0.5) is 13.2 Å². The molecule has 1 aromatic carbocycles. The number of hydrogen-bond acceptors (Lipinski definition) is 3. The van der Waals surface area contributed by atoms with Crippen molar-refractivity contribution >= 4 is 5.78 Å². The first-order valence-corrected chi connectivity index (χ1v) is 5.96. The zero-order valence-electron chi connectivity index (χ0n) is 10.4. The van der Waals surface area contributed by atoms with Gasteiger partial charge in [0.1, 0.15) is 5.75 Å². The summed E-state index contributed by atoms with van der Waals surface area (Å²) < 4.78 is 40.2. The van der Waals surface area contributed by atoms with Crippen LogP contribution in [-0.2, 0) is 0 Å². The third kappa shape index (κ3) is 3.26. The third-order valence-corrected chi connectivity index (χ3v) is 3.20. The van der Waals surface area contributed by atoms with E-state index >= 15 is 0 Å². The van der Waals surface area contributed by atoms with Crippen LogP contribution in [0.15, 0.2) is 24.3 Å². The second kappa shape index (κ2) is 4.85. The Kier molecular flexibility index (Phi) is 3.54. The molecule has 0 spiro atoms. The molecule has 0 bridgehead atoms. The third-order valence-electron chi connectivity index (χ3n) is 3.20. The van der Waals surface area contributed by atoms with E-state index < -0.39 is 11.9 Å². The van der Waals surface area contributed by atoms with Crippen LogP contribution in [0.2, 0.25) is 0 Å². The van der Waals surface area contributed by atoms with Crippen LogP contribution in [0.3, 0.4) is 0 Å². The standard InChI is InChI=1S/C13H14F3NO2/c1-12(6-3-7-17-12)11(18)9-4-2-5-10(8-9)19-13(14,15)16/h2,4-5,8,17H,3,6-7H2,1H3. The summed E-state index contributed by atoms with van der Waals surface area (Å²) in [4.78, 5) is 12.3. The molecule has 1 unspecified atom stereocenters. The molecule has 1 aliphatic heterocycles. The molecule has 1 heterocycles. The van der Waals surface area contributed by atoms with Crippen LogP contribution < -0.4 is 10.1 Å². The van der Waals surface area contributed by atoms with Crippen molar-refractivity contribution in [1.29, 1.82) is 0 Å². The Hall–Kier alpha value is -1.56. The van der Waals surface area contributed by atoms with Crippen molar-refractivity contribution in [2.45, 2.75) is 31.7 Å². The van der Waals surface area contributed by atoms with E-state index in [2.05, 4.69) is 10.1 Å². The van der Waals surface area contributed by atoms with E-state index in [1.54, 1.807) is 6.92 Å². The summed E-state index contributed by atoms with van der Waals surface area (Å²) in [5.74, 6) is -0.586. The van der Waals surface area contributed by atoms with Gasteiger partial charge >= 0.3 is 6.36 Å². The first-order valence-electron chi connectivity index (χ1n) is 5.96. The zero-order chi connectivity index (χ0) is 14.1. The van der Waals surface area contributed by atoms with E-state index in [-0.39, 0.29) is 17.1 Å². The normalized spacial score (nSPS) is 23.4. The number of benzene rings is 1. The fraction of sp³-hybridized carbons (Fsp3) is 0.462. The zero-order valence-corrected chi connectivity index (χ0v) is 10.4. The van der Waals surface area contributed by atoms with Crippen molar-refractivity contribution in [3.8, 4) is 5.75 Å². The Bertz CT molecular complexity index is 479. The van der Waals surface area contributed by atoms with E-state index in [0.717, 1.165) is 19.0 Å². The highest BCUT2D eigenvalue weighted by Crippen LogP contribution is 2.27. The minimum Gasteiger partial charge on any atom is -0.406 e. The minimum absolute atomic E-state index is 0.211. The van der Waals surface area contributed by atoms with E-state index in [9.17, 15) is 18.0 Å². The highest BCUT2D eigenvalue weighted by Gasteiger charge is 2.37. The Morgan fingerprint density at radius 1 is 1.42 bits per heavy atom. The molecule has 0 aliphatic carbocycles. The molecule has 19 heavy (non-hydrogen) atoms. The SMILES string of the molecule is CC1(C(=O)c2cccc(OC(F)(F)F)c2)CCCN1. The molecule has 1 aliphatic rings. The summed E-state index contributed by atoms with van der Waals surface area (Å²) in [5, 5.41) is 3.09. The van der Waals surface area contributed by atoms with E-state index in [1.807, 2.05) is 0 Å². The highest BCUT2D eigenvalue weighted by molar-refractivity contribution is 6.03. The van der Waals surface area contributed by atoms with Gasteiger partial charge in [-0.2, -0.15) is 0 Å². The first-order chi connectivity index (χ1) is 8.80. The molecule has 2 rings (SSSR count). The highest BCUT2D eigenvalue weighted by atomic mass is 19.4. The molecule has 6 heteroatoms. The lowest BCUT2D eigenvalue weighted by Gasteiger charge is -2.22. The van der Waals surface area contributed by atoms with Gasteiger partial charge in [-0.1, -0.05) is 12.1 Å². The molecule has 3 nitrogen and oxygen atoms in total. The summed E-state index contributed by atoms with van der Waals surface area (Å²) in [6.07, 6.45) is -3.20. The number of halogens is 3. The van der Waals surface area contributed by atoms with Crippen LogP contribution in [-0.4, -0.2) is 24.2 Å². The maximum Gasteiger partial charge on any atom is 0.573 e. The summed E-state index contributed by atoms with van der Waals surface area (Å²) in [6, 6.07) is 5.18. The largest absolute Gasteiger partial charge is 0.573 e. The van der Waals surface area contributed by atoms with Gasteiger partial charge in [-0.05, 0) is 38.4 Å². The smallest absolute Gasteiger partial charge is 0.406 e. The second-order valence-electron chi connectivity index (χ2n) is 4.77. The van der Waals surface area contributed by atoms with Gasteiger partial charge in [-0.15, -0.1) is 13.2 Å². The predicted octanol–water partition coefficient (Wildman–Crippen LogP) is 2.91. The van der Waals surface area contributed by atoms with Crippen LogP contribution in [0.5, 0.6) is 5.75 Å². The average Bonchev–Trinajstić information content (AvgIpc) is 2.74. The van der Waals surface area contributed by atoms with E-state index in [0.29, 0.717) is 6.42 Å². The molecular weight excluding hydrogens is 259 g/mol. The van der Waals surface area contributed by atoms with Crippen LogP contribution >= 0.6 is 0 Å². The summed E-state index contributed by atoms with van der Waals surface area (Å²) >= 11 is 0. The quantitative estimate of drug-likeness (QED) is 0.860. The fourth-order valence-electron chi connectivity index (χ4n) is 2.24. The molecule has 1 atom stereocenters. The number of carbonyl (C=O) groups excluding carboxylic acids is 1. The van der Waals surface area contributed by atoms with Gasteiger partial charge in [0.25, 0.3) is 0 Å². The molecular formula is C13H14F3NO2. The van der Waals surface area contributed by atoms with Gasteiger partial charge in [-0.3, -0.25) is 4.79 Å². The molecule has 104 valence electrons. The lowest BCUT2D eigenvalue weighted by Crippen LogP contribution is -2.44. The number of hydrogen-bond donors (Lipinski definition) is 1. The Balaban J connectivity index is 2.21. The predicted molar refractivity (Wildman–Crippen MR) is 63.1 cm³/mol. The fourth-order valence-corrected chi connectivity index (χ4v) is 2.24. The Morgan fingerprint density at radius 3 is 2.74 bits per heavy atom. The van der Waals surface area contributed by atoms with Crippen LogP contribution in [0.1, 0.15) is 30.1 Å². The summed E-state index contributed by atoms with van der Waals surface area (Å²) in [5.41, 5.74) is -0.477. The van der Waals surface area contributed by atoms with Gasteiger partial charge in [0.15, 0.2) is 5.78 Å². The molecule has 1 fully saturated rings. The number of ketones is 1. The van der Waals surface area contributed by atoms with Crippen molar-refractivity contribution in [2.24, 2.45) is 0 Å². The number of nitrogens with one attached hydrogen (secondary N) is 1.